The molecule has 0 bridgehead atoms. The van der Waals surface area contributed by atoms with Gasteiger partial charge < -0.3 is 5.11 Å². The normalized spacial score (nSPS) is 16.9. The Kier molecular flexibility index (Phi) is 2.85. The zero-order valence-electron chi connectivity index (χ0n) is 6.27. The zero-order valence-corrected chi connectivity index (χ0v) is 6.27. The fourth-order valence-electron chi connectivity index (χ4n) is 0.663. The molecular weight excluding hydrogens is 116 g/mol. The number of hydrogen-bond acceptors (Lipinski definition) is 2. The fraction of sp³-hybridized carbons (Fsp3) is 0.857. The molecule has 0 aliphatic carbocycles. The van der Waals surface area contributed by atoms with Gasteiger partial charge in [0, 0.05) is 0 Å². The topological polar surface area (TPSA) is 37.3 Å². The third kappa shape index (κ3) is 2.61. The number of hydrogen-bond donors (Lipinski definition) is 1. The summed E-state index contributed by atoms with van der Waals surface area (Å²) in [4.78, 5) is 10.6. The van der Waals surface area contributed by atoms with E-state index < -0.39 is 5.60 Å². The third-order valence-electron chi connectivity index (χ3n) is 1.50. The Morgan fingerprint density at radius 1 is 1.67 bits per heavy atom. The predicted molar refractivity (Wildman–Crippen MR) is 36.2 cm³/mol. The van der Waals surface area contributed by atoms with Crippen molar-refractivity contribution in [2.24, 2.45) is 0 Å². The molecule has 0 aromatic carbocycles. The average Bonchev–Trinajstić information content (AvgIpc) is 1.65. The van der Waals surface area contributed by atoms with Gasteiger partial charge in [0.15, 0.2) is 5.78 Å². The first-order valence-corrected chi connectivity index (χ1v) is 3.24. The van der Waals surface area contributed by atoms with E-state index in [0.29, 0.717) is 6.42 Å². The summed E-state index contributed by atoms with van der Waals surface area (Å²) in [7, 11) is 0. The molecule has 2 nitrogen and oxygen atoms in total. The average molecular weight is 130 g/mol. The van der Waals surface area contributed by atoms with Crippen LogP contribution < -0.4 is 0 Å². The van der Waals surface area contributed by atoms with Gasteiger partial charge in [0.2, 0.25) is 0 Å². The second kappa shape index (κ2) is 2.97. The molecule has 9 heavy (non-hydrogen) atoms. The highest BCUT2D eigenvalue weighted by Crippen LogP contribution is 2.11. The lowest BCUT2D eigenvalue weighted by Gasteiger charge is -2.17. The van der Waals surface area contributed by atoms with E-state index in [1.54, 1.807) is 6.92 Å². The Bertz CT molecular complexity index is 105. The quantitative estimate of drug-likeness (QED) is 0.621. The molecule has 0 aliphatic heterocycles. The molecule has 0 fully saturated rings. The molecule has 0 unspecified atom stereocenters. The minimum atomic E-state index is -1.09. The summed E-state index contributed by atoms with van der Waals surface area (Å²) in [6.07, 6.45) is 1.40. The van der Waals surface area contributed by atoms with Gasteiger partial charge in [-0.25, -0.2) is 0 Å². The highest BCUT2D eigenvalue weighted by molar-refractivity contribution is 5.83. The molecule has 1 N–H and O–H groups in total. The number of ketones is 1. The van der Waals surface area contributed by atoms with Crippen LogP contribution in [0.4, 0.5) is 0 Å². The first kappa shape index (κ1) is 8.63. The first-order valence-electron chi connectivity index (χ1n) is 3.24. The van der Waals surface area contributed by atoms with Crippen molar-refractivity contribution in [1.29, 1.82) is 0 Å². The van der Waals surface area contributed by atoms with E-state index in [2.05, 4.69) is 0 Å². The monoisotopic (exact) mass is 130 g/mol. The predicted octanol–water partition coefficient (Wildman–Crippen LogP) is 1.13. The van der Waals surface area contributed by atoms with E-state index in [1.807, 2.05) is 6.92 Å². The van der Waals surface area contributed by atoms with E-state index in [9.17, 15) is 9.90 Å². The molecular formula is C7H14O2. The molecule has 0 aliphatic rings. The van der Waals surface area contributed by atoms with E-state index >= 15 is 0 Å². The maximum Gasteiger partial charge on any atom is 0.160 e. The maximum absolute atomic E-state index is 10.6. The molecule has 0 saturated carbocycles. The van der Waals surface area contributed by atoms with E-state index in [-0.39, 0.29) is 5.78 Å². The van der Waals surface area contributed by atoms with Crippen LogP contribution in [0, 0.1) is 0 Å². The molecule has 0 aromatic heterocycles. The van der Waals surface area contributed by atoms with Crippen LogP contribution >= 0.6 is 0 Å². The molecule has 0 heterocycles. The van der Waals surface area contributed by atoms with Gasteiger partial charge >= 0.3 is 0 Å². The summed E-state index contributed by atoms with van der Waals surface area (Å²) in [5, 5.41) is 9.24. The standard InChI is InChI=1S/C7H14O2/c1-4-5-7(3,9)6(2)8/h9H,4-5H2,1-3H3/t7-/m0/s1. The molecule has 1 atom stereocenters. The summed E-state index contributed by atoms with van der Waals surface area (Å²) in [6.45, 7) is 4.91. The number of rotatable bonds is 3. The summed E-state index contributed by atoms with van der Waals surface area (Å²) >= 11 is 0. The summed E-state index contributed by atoms with van der Waals surface area (Å²) in [6, 6.07) is 0. The largest absolute Gasteiger partial charge is 0.382 e. The highest BCUT2D eigenvalue weighted by atomic mass is 16.3. The lowest BCUT2D eigenvalue weighted by atomic mass is 9.97. The number of carbonyl (C=O) groups is 1. The molecule has 54 valence electrons. The van der Waals surface area contributed by atoms with Gasteiger partial charge in [-0.1, -0.05) is 13.3 Å². The maximum atomic E-state index is 10.6. The van der Waals surface area contributed by atoms with Crippen LogP contribution in [0.5, 0.6) is 0 Å². The second-order valence-corrected chi connectivity index (χ2v) is 2.58. The van der Waals surface area contributed by atoms with Crippen molar-refractivity contribution in [3.63, 3.8) is 0 Å². The molecule has 2 heteroatoms. The number of Topliss-reactive ketones (excluding diaryl/α,β-unsaturated/α-hetero) is 1. The van der Waals surface area contributed by atoms with E-state index in [0.717, 1.165) is 6.42 Å². The minimum Gasteiger partial charge on any atom is -0.382 e. The van der Waals surface area contributed by atoms with Gasteiger partial charge in [0.25, 0.3) is 0 Å². The summed E-state index contributed by atoms with van der Waals surface area (Å²) in [5.74, 6) is -0.149. The van der Waals surface area contributed by atoms with Crippen molar-refractivity contribution in [1.82, 2.24) is 0 Å². The number of aliphatic hydroxyl groups is 1. The van der Waals surface area contributed by atoms with Crippen LogP contribution in [0.3, 0.4) is 0 Å². The third-order valence-corrected chi connectivity index (χ3v) is 1.50. The van der Waals surface area contributed by atoms with Crippen molar-refractivity contribution < 1.29 is 9.90 Å². The van der Waals surface area contributed by atoms with Gasteiger partial charge in [-0.2, -0.15) is 0 Å². The molecule has 0 radical (unpaired) electrons. The van der Waals surface area contributed by atoms with Crippen molar-refractivity contribution in [2.45, 2.75) is 39.2 Å². The molecule has 0 aromatic rings. The smallest absolute Gasteiger partial charge is 0.160 e. The summed E-state index contributed by atoms with van der Waals surface area (Å²) < 4.78 is 0. The zero-order chi connectivity index (χ0) is 7.49. The van der Waals surface area contributed by atoms with E-state index in [4.69, 9.17) is 0 Å². The lowest BCUT2D eigenvalue weighted by Crippen LogP contribution is -2.32. The SMILES string of the molecule is CCC[C@](C)(O)C(C)=O. The molecule has 0 saturated heterocycles. The summed E-state index contributed by atoms with van der Waals surface area (Å²) in [5.41, 5.74) is -1.09. The minimum absolute atomic E-state index is 0.149. The lowest BCUT2D eigenvalue weighted by molar-refractivity contribution is -0.133. The van der Waals surface area contributed by atoms with Crippen LogP contribution in [0.25, 0.3) is 0 Å². The van der Waals surface area contributed by atoms with Crippen LogP contribution in [0.15, 0.2) is 0 Å². The van der Waals surface area contributed by atoms with Gasteiger partial charge in [-0.3, -0.25) is 4.79 Å². The van der Waals surface area contributed by atoms with Crippen LogP contribution in [0.1, 0.15) is 33.6 Å². The van der Waals surface area contributed by atoms with Gasteiger partial charge in [-0.05, 0) is 20.3 Å². The Morgan fingerprint density at radius 3 is 2.22 bits per heavy atom. The van der Waals surface area contributed by atoms with Crippen molar-refractivity contribution in [2.75, 3.05) is 0 Å². The van der Waals surface area contributed by atoms with Crippen LogP contribution in [-0.2, 0) is 4.79 Å². The molecule has 0 spiro atoms. The molecule has 0 rings (SSSR count). The Morgan fingerprint density at radius 2 is 2.11 bits per heavy atom. The Balaban J connectivity index is 3.85. The van der Waals surface area contributed by atoms with Gasteiger partial charge in [-0.15, -0.1) is 0 Å². The molecule has 0 amide bonds. The van der Waals surface area contributed by atoms with Crippen LogP contribution in [0.2, 0.25) is 0 Å². The second-order valence-electron chi connectivity index (χ2n) is 2.58. The van der Waals surface area contributed by atoms with Crippen molar-refractivity contribution in [3.05, 3.63) is 0 Å². The number of carbonyl (C=O) groups excluding carboxylic acids is 1. The van der Waals surface area contributed by atoms with E-state index in [1.165, 1.54) is 6.92 Å². The first-order chi connectivity index (χ1) is 4.00. The van der Waals surface area contributed by atoms with Gasteiger partial charge in [0.1, 0.15) is 5.60 Å². The van der Waals surface area contributed by atoms with Gasteiger partial charge in [0.05, 0.1) is 0 Å². The highest BCUT2D eigenvalue weighted by Gasteiger charge is 2.24. The van der Waals surface area contributed by atoms with Crippen molar-refractivity contribution >= 4 is 5.78 Å². The fourth-order valence-corrected chi connectivity index (χ4v) is 0.663. The van der Waals surface area contributed by atoms with Crippen molar-refractivity contribution in [3.8, 4) is 0 Å². The Hall–Kier alpha value is -0.370. The Labute approximate surface area is 55.9 Å². The van der Waals surface area contributed by atoms with Crippen LogP contribution in [-0.4, -0.2) is 16.5 Å².